The van der Waals surface area contributed by atoms with E-state index in [1.54, 1.807) is 17.0 Å². The highest BCUT2D eigenvalue weighted by Crippen LogP contribution is 2.22. The smallest absolute Gasteiger partial charge is 0.191 e. The van der Waals surface area contributed by atoms with Gasteiger partial charge in [0.05, 0.1) is 5.75 Å². The lowest BCUT2D eigenvalue weighted by molar-refractivity contribution is -0.112. The molecule has 2 N–H and O–H groups in total. The minimum atomic E-state index is -0.319. The molecule has 22 heavy (non-hydrogen) atoms. The van der Waals surface area contributed by atoms with Gasteiger partial charge in [-0.2, -0.15) is 5.26 Å². The summed E-state index contributed by atoms with van der Waals surface area (Å²) in [6.07, 6.45) is 3.35. The highest BCUT2D eigenvalue weighted by atomic mass is 32.2. The summed E-state index contributed by atoms with van der Waals surface area (Å²) in [6, 6.07) is 5.49. The molecule has 0 atom stereocenters. The lowest BCUT2D eigenvalue weighted by Crippen LogP contribution is -2.10. The second-order valence-corrected chi connectivity index (χ2v) is 5.43. The van der Waals surface area contributed by atoms with Gasteiger partial charge in [0.15, 0.2) is 16.8 Å². The first-order valence-electron chi connectivity index (χ1n) is 6.36. The van der Waals surface area contributed by atoms with Gasteiger partial charge in [0.2, 0.25) is 0 Å². The summed E-state index contributed by atoms with van der Waals surface area (Å²) in [5.74, 6) is 0.448. The molecule has 8 heteroatoms. The number of ketones is 1. The summed E-state index contributed by atoms with van der Waals surface area (Å²) < 4.78 is 1.79. The van der Waals surface area contributed by atoms with Gasteiger partial charge in [-0.3, -0.25) is 9.78 Å². The number of nitrogens with two attached hydrogens (primary N) is 1. The molecule has 0 aliphatic rings. The first-order chi connectivity index (χ1) is 10.5. The van der Waals surface area contributed by atoms with E-state index in [1.807, 2.05) is 25.2 Å². The van der Waals surface area contributed by atoms with E-state index in [4.69, 9.17) is 11.0 Å². The largest absolute Gasteiger partial charge is 0.401 e. The number of aromatic nitrogens is 4. The fourth-order valence-corrected chi connectivity index (χ4v) is 2.55. The van der Waals surface area contributed by atoms with Gasteiger partial charge in [0, 0.05) is 30.7 Å². The molecular weight excluding hydrogens is 300 g/mol. The lowest BCUT2D eigenvalue weighted by Gasteiger charge is -2.03. The van der Waals surface area contributed by atoms with E-state index in [-0.39, 0.29) is 22.8 Å². The molecule has 0 radical (unpaired) electrons. The number of allylic oxidation sites excluding steroid dienone is 2. The lowest BCUT2D eigenvalue weighted by atomic mass is 10.2. The van der Waals surface area contributed by atoms with E-state index in [1.165, 1.54) is 18.7 Å². The van der Waals surface area contributed by atoms with Crippen LogP contribution in [0.15, 0.2) is 41.0 Å². The molecule has 0 spiro atoms. The maximum atomic E-state index is 11.9. The molecule has 2 aromatic heterocycles. The van der Waals surface area contributed by atoms with Gasteiger partial charge in [-0.15, -0.1) is 10.2 Å². The van der Waals surface area contributed by atoms with Crippen LogP contribution in [0, 0.1) is 11.3 Å². The number of nitriles is 1. The third-order valence-electron chi connectivity index (χ3n) is 2.89. The van der Waals surface area contributed by atoms with E-state index in [9.17, 15) is 4.79 Å². The van der Waals surface area contributed by atoms with Gasteiger partial charge in [0.1, 0.15) is 11.6 Å². The molecule has 7 nitrogen and oxygen atoms in total. The van der Waals surface area contributed by atoms with Crippen molar-refractivity contribution in [3.63, 3.8) is 0 Å². The number of carbonyl (C=O) groups excluding carboxylic acids is 1. The van der Waals surface area contributed by atoms with Crippen LogP contribution in [0.5, 0.6) is 0 Å². The number of hydrogen-bond acceptors (Lipinski definition) is 7. The highest BCUT2D eigenvalue weighted by Gasteiger charge is 2.16. The van der Waals surface area contributed by atoms with Crippen molar-refractivity contribution in [2.45, 2.75) is 12.1 Å². The molecule has 0 aliphatic heterocycles. The minimum absolute atomic E-state index is 0.0102. The molecule has 0 saturated heterocycles. The SMILES string of the molecule is CC(N)=C(C#N)C(=O)CSc1nnc(-c2ccncc2)n1C. The van der Waals surface area contributed by atoms with Crippen LogP contribution in [0.4, 0.5) is 0 Å². The van der Waals surface area contributed by atoms with E-state index in [2.05, 4.69) is 15.2 Å². The van der Waals surface area contributed by atoms with Crippen LogP contribution in [-0.4, -0.2) is 31.3 Å². The third kappa shape index (κ3) is 3.32. The predicted octanol–water partition coefficient (Wildman–Crippen LogP) is 1.29. The maximum absolute atomic E-state index is 11.9. The van der Waals surface area contributed by atoms with Crippen LogP contribution in [0.25, 0.3) is 11.4 Å². The Labute approximate surface area is 131 Å². The van der Waals surface area contributed by atoms with Crippen LogP contribution in [0.3, 0.4) is 0 Å². The van der Waals surface area contributed by atoms with Crippen molar-refractivity contribution >= 4 is 17.5 Å². The average Bonchev–Trinajstić information content (AvgIpc) is 2.87. The fourth-order valence-electron chi connectivity index (χ4n) is 1.77. The van der Waals surface area contributed by atoms with Gasteiger partial charge in [-0.1, -0.05) is 11.8 Å². The summed E-state index contributed by atoms with van der Waals surface area (Å²) in [5.41, 5.74) is 6.62. The van der Waals surface area contributed by atoms with E-state index < -0.39 is 0 Å². The molecule has 0 fully saturated rings. The van der Waals surface area contributed by atoms with Crippen LogP contribution >= 0.6 is 11.8 Å². The Morgan fingerprint density at radius 3 is 2.68 bits per heavy atom. The summed E-state index contributed by atoms with van der Waals surface area (Å²) >= 11 is 1.22. The summed E-state index contributed by atoms with van der Waals surface area (Å²) in [7, 11) is 1.82. The number of pyridine rings is 1. The molecule has 0 aromatic carbocycles. The van der Waals surface area contributed by atoms with E-state index >= 15 is 0 Å². The number of nitrogens with zero attached hydrogens (tertiary/aromatic N) is 5. The second-order valence-electron chi connectivity index (χ2n) is 4.48. The molecule has 2 aromatic rings. The van der Waals surface area contributed by atoms with Gasteiger partial charge in [0.25, 0.3) is 0 Å². The summed E-state index contributed by atoms with van der Waals surface area (Å²) in [6.45, 7) is 1.53. The summed E-state index contributed by atoms with van der Waals surface area (Å²) in [4.78, 5) is 15.9. The zero-order chi connectivity index (χ0) is 16.1. The molecule has 0 amide bonds. The van der Waals surface area contributed by atoms with Crippen molar-refractivity contribution in [2.24, 2.45) is 12.8 Å². The Balaban J connectivity index is 2.13. The van der Waals surface area contributed by atoms with Crippen molar-refractivity contribution in [2.75, 3.05) is 5.75 Å². The molecule has 2 rings (SSSR count). The average molecular weight is 314 g/mol. The van der Waals surface area contributed by atoms with Gasteiger partial charge < -0.3 is 10.3 Å². The van der Waals surface area contributed by atoms with Crippen LogP contribution in [-0.2, 0) is 11.8 Å². The second kappa shape index (κ2) is 6.87. The van der Waals surface area contributed by atoms with Gasteiger partial charge in [-0.05, 0) is 19.1 Å². The maximum Gasteiger partial charge on any atom is 0.191 e. The van der Waals surface area contributed by atoms with Gasteiger partial charge in [-0.25, -0.2) is 0 Å². The van der Waals surface area contributed by atoms with Crippen molar-refractivity contribution < 1.29 is 4.79 Å². The van der Waals surface area contributed by atoms with Crippen LogP contribution < -0.4 is 5.73 Å². The first kappa shape index (κ1) is 15.7. The van der Waals surface area contributed by atoms with E-state index in [0.717, 1.165) is 5.56 Å². The standard InChI is InChI=1S/C14H14N6OS/c1-9(16)11(7-15)12(21)8-22-14-19-18-13(20(14)2)10-3-5-17-6-4-10/h3-6H,8,16H2,1-2H3. The monoisotopic (exact) mass is 314 g/mol. The van der Waals surface area contributed by atoms with Crippen LogP contribution in [0.1, 0.15) is 6.92 Å². The molecule has 0 aliphatic carbocycles. The number of carbonyl (C=O) groups is 1. The van der Waals surface area contributed by atoms with Crippen molar-refractivity contribution in [1.82, 2.24) is 19.7 Å². The highest BCUT2D eigenvalue weighted by molar-refractivity contribution is 7.99. The first-order valence-corrected chi connectivity index (χ1v) is 7.35. The third-order valence-corrected chi connectivity index (χ3v) is 3.91. The number of Topliss-reactive ketones (excluding diaryl/α,β-unsaturated/α-hetero) is 1. The van der Waals surface area contributed by atoms with Crippen molar-refractivity contribution in [1.29, 1.82) is 5.26 Å². The van der Waals surface area contributed by atoms with E-state index in [0.29, 0.717) is 11.0 Å². The molecular formula is C14H14N6OS. The zero-order valence-electron chi connectivity index (χ0n) is 12.1. The molecule has 0 bridgehead atoms. The Hall–Kier alpha value is -2.66. The zero-order valence-corrected chi connectivity index (χ0v) is 13.0. The molecule has 0 saturated carbocycles. The number of thioether (sulfide) groups is 1. The number of rotatable bonds is 5. The quantitative estimate of drug-likeness (QED) is 0.503. The van der Waals surface area contributed by atoms with Crippen molar-refractivity contribution in [3.05, 3.63) is 35.8 Å². The summed E-state index contributed by atoms with van der Waals surface area (Å²) in [5, 5.41) is 17.7. The Morgan fingerprint density at radius 1 is 1.41 bits per heavy atom. The topological polar surface area (TPSA) is 110 Å². The molecule has 0 unspecified atom stereocenters. The normalized spacial score (nSPS) is 11.7. The molecule has 2 heterocycles. The molecule has 112 valence electrons. The Kier molecular flexibility index (Phi) is 4.91. The van der Waals surface area contributed by atoms with Crippen LogP contribution in [0.2, 0.25) is 0 Å². The minimum Gasteiger partial charge on any atom is -0.401 e. The fraction of sp³-hybridized carbons (Fsp3) is 0.214. The van der Waals surface area contributed by atoms with Crippen molar-refractivity contribution in [3.8, 4) is 17.5 Å². The Morgan fingerprint density at radius 2 is 2.09 bits per heavy atom. The Bertz CT molecular complexity index is 755. The van der Waals surface area contributed by atoms with Gasteiger partial charge >= 0.3 is 0 Å². The predicted molar refractivity (Wildman–Crippen MR) is 82.5 cm³/mol. The number of hydrogen-bond donors (Lipinski definition) is 1.